The third-order valence-electron chi connectivity index (χ3n) is 16.8. The number of allylic oxidation sites excluding steroid dienone is 42. The first-order valence-corrected chi connectivity index (χ1v) is 41.8. The number of esters is 2. The Bertz CT molecular complexity index is 2730. The Hall–Kier alpha value is -7.17. The molecular formula is C98H151NO8. The number of carboxylic acid groups (broad SMARTS) is 1. The molecule has 9 nitrogen and oxygen atoms in total. The summed E-state index contributed by atoms with van der Waals surface area (Å²) in [6.07, 6.45) is 134. The molecule has 9 heteroatoms. The first kappa shape index (κ1) is 99.8. The van der Waals surface area contributed by atoms with Crippen molar-refractivity contribution in [2.75, 3.05) is 47.5 Å². The quantitative estimate of drug-likeness (QED) is 0.0195. The Labute approximate surface area is 655 Å². The molecule has 0 aliphatic heterocycles. The van der Waals surface area contributed by atoms with Crippen LogP contribution >= 0.6 is 0 Å². The van der Waals surface area contributed by atoms with Gasteiger partial charge in [0.2, 0.25) is 0 Å². The Kier molecular flexibility index (Phi) is 78.8. The van der Waals surface area contributed by atoms with E-state index in [1.165, 1.54) is 51.4 Å². The molecule has 2 atom stereocenters. The van der Waals surface area contributed by atoms with Gasteiger partial charge in [0.25, 0.3) is 0 Å². The fraction of sp³-hybridized carbons (Fsp3) is 0.541. The molecule has 2 unspecified atom stereocenters. The normalized spacial score (nSPS) is 14.0. The van der Waals surface area contributed by atoms with Crippen molar-refractivity contribution < 1.29 is 42.9 Å². The zero-order valence-corrected chi connectivity index (χ0v) is 68.1. The van der Waals surface area contributed by atoms with Crippen LogP contribution in [0.3, 0.4) is 0 Å². The smallest absolute Gasteiger partial charge is 0.306 e. The number of nitrogens with zero attached hydrogens (tertiary/aromatic N) is 1. The summed E-state index contributed by atoms with van der Waals surface area (Å²) in [5.41, 5.74) is 0. The molecule has 0 radical (unpaired) electrons. The van der Waals surface area contributed by atoms with Gasteiger partial charge < -0.3 is 33.3 Å². The molecule has 0 saturated heterocycles. The van der Waals surface area contributed by atoms with Crippen molar-refractivity contribution in [1.82, 2.24) is 0 Å². The Balaban J connectivity index is 4.17. The number of rotatable bonds is 74. The third-order valence-corrected chi connectivity index (χ3v) is 16.8. The summed E-state index contributed by atoms with van der Waals surface area (Å²) in [5, 5.41) is 11.9. The van der Waals surface area contributed by atoms with E-state index < -0.39 is 24.3 Å². The second-order valence-electron chi connectivity index (χ2n) is 27.9. The number of likely N-dealkylation sites (N-methyl/N-ethyl adjacent to an activating group) is 1. The standard InChI is InChI=1S/C98H151NO8/c1-6-8-10-12-14-16-18-20-22-24-26-28-30-32-34-36-38-40-42-44-46-48-50-52-54-56-58-60-62-64-66-68-70-72-74-76-78-80-82-84-86-88-95(100)105-92-94(93-106-98(97(102)103)104-91-90-99(3,4)5)107-96(101)89-87-85-83-81-79-77-75-73-71-69-67-65-63-61-59-57-55-53-51-49-47-45-43-41-39-37-35-33-31-29-27-25-23-21-19-17-15-13-11-9-7-2/h8-11,14-17,20-23,26-29,32-35,38-41,44-47,50-53,56-59,62-65,69,71,94,98H,6-7,12-13,18-19,24-25,30-31,36-37,42-43,48-49,54-55,60-61,66-68,70,72-93H2,1-5H3/b10-8-,11-9-,16-14-,17-15-,22-20-,23-21-,28-26-,29-27-,34-32-,35-33-,40-38-,41-39-,46-44-,47-45-,52-50-,53-51-,58-56-,59-57-,64-62-,65-63-,71-69-. The second-order valence-corrected chi connectivity index (χ2v) is 27.9. The van der Waals surface area contributed by atoms with Gasteiger partial charge in [-0.25, -0.2) is 0 Å². The molecule has 0 saturated carbocycles. The van der Waals surface area contributed by atoms with Crippen molar-refractivity contribution in [3.63, 3.8) is 0 Å². The van der Waals surface area contributed by atoms with Crippen LogP contribution < -0.4 is 5.11 Å². The van der Waals surface area contributed by atoms with Crippen LogP contribution in [-0.2, 0) is 33.3 Å². The predicted octanol–water partition coefficient (Wildman–Crippen LogP) is 26.4. The topological polar surface area (TPSA) is 111 Å². The van der Waals surface area contributed by atoms with Crippen LogP contribution in [0, 0.1) is 0 Å². The third kappa shape index (κ3) is 86.0. The largest absolute Gasteiger partial charge is 0.545 e. The number of aliphatic carboxylic acids is 1. The van der Waals surface area contributed by atoms with Crippen molar-refractivity contribution >= 4 is 17.9 Å². The van der Waals surface area contributed by atoms with Crippen molar-refractivity contribution in [1.29, 1.82) is 0 Å². The van der Waals surface area contributed by atoms with Crippen molar-refractivity contribution in [2.45, 2.75) is 296 Å². The van der Waals surface area contributed by atoms with E-state index in [-0.39, 0.29) is 38.6 Å². The lowest BCUT2D eigenvalue weighted by molar-refractivity contribution is -0.870. The minimum absolute atomic E-state index is 0.132. The molecular weight excluding hydrogens is 1320 g/mol. The Morgan fingerprint density at radius 2 is 0.505 bits per heavy atom. The summed E-state index contributed by atoms with van der Waals surface area (Å²) in [6, 6.07) is 0. The van der Waals surface area contributed by atoms with E-state index in [4.69, 9.17) is 18.9 Å². The molecule has 596 valence electrons. The van der Waals surface area contributed by atoms with Crippen molar-refractivity contribution in [3.05, 3.63) is 255 Å². The number of carbonyl (C=O) groups excluding carboxylic acids is 3. The van der Waals surface area contributed by atoms with Gasteiger partial charge in [-0.3, -0.25) is 9.59 Å². The minimum Gasteiger partial charge on any atom is -0.545 e. The molecule has 107 heavy (non-hydrogen) atoms. The summed E-state index contributed by atoms with van der Waals surface area (Å²) in [6.45, 7) is 4.48. The summed E-state index contributed by atoms with van der Waals surface area (Å²) >= 11 is 0. The average molecular weight is 1470 g/mol. The summed E-state index contributed by atoms with van der Waals surface area (Å²) in [4.78, 5) is 37.7. The fourth-order valence-corrected chi connectivity index (χ4v) is 10.5. The van der Waals surface area contributed by atoms with Gasteiger partial charge in [0.1, 0.15) is 13.2 Å². The molecule has 0 aromatic rings. The first-order chi connectivity index (χ1) is 52.6. The Morgan fingerprint density at radius 1 is 0.280 bits per heavy atom. The lowest BCUT2D eigenvalue weighted by Crippen LogP contribution is -2.44. The molecule has 0 fully saturated rings. The molecule has 0 rings (SSSR count). The summed E-state index contributed by atoms with van der Waals surface area (Å²) in [5.74, 6) is -2.33. The highest BCUT2D eigenvalue weighted by Crippen LogP contribution is 2.16. The van der Waals surface area contributed by atoms with Crippen LogP contribution in [0.5, 0.6) is 0 Å². The molecule has 0 spiro atoms. The minimum atomic E-state index is -1.64. The van der Waals surface area contributed by atoms with E-state index in [2.05, 4.69) is 269 Å². The van der Waals surface area contributed by atoms with Crippen LogP contribution in [0.4, 0.5) is 0 Å². The zero-order valence-electron chi connectivity index (χ0n) is 68.1. The number of hydrogen-bond donors (Lipinski definition) is 0. The molecule has 0 aromatic carbocycles. The lowest BCUT2D eigenvalue weighted by atomic mass is 10.1. The van der Waals surface area contributed by atoms with E-state index in [9.17, 15) is 19.5 Å². The van der Waals surface area contributed by atoms with Gasteiger partial charge in [-0.1, -0.05) is 353 Å². The van der Waals surface area contributed by atoms with Gasteiger partial charge in [0.15, 0.2) is 12.4 Å². The van der Waals surface area contributed by atoms with Gasteiger partial charge >= 0.3 is 11.9 Å². The number of ether oxygens (including phenoxy) is 4. The molecule has 0 aliphatic carbocycles. The molecule has 0 aliphatic rings. The average Bonchev–Trinajstić information content (AvgIpc) is 0.965. The van der Waals surface area contributed by atoms with Crippen LogP contribution in [0.15, 0.2) is 255 Å². The van der Waals surface area contributed by atoms with E-state index in [1.807, 2.05) is 21.1 Å². The number of unbranched alkanes of at least 4 members (excludes halogenated alkanes) is 17. The van der Waals surface area contributed by atoms with E-state index in [0.717, 1.165) is 199 Å². The molecule has 0 heterocycles. The maximum atomic E-state index is 13.0. The predicted molar refractivity (Wildman–Crippen MR) is 462 cm³/mol. The maximum absolute atomic E-state index is 13.0. The van der Waals surface area contributed by atoms with E-state index in [0.29, 0.717) is 17.4 Å². The molecule has 0 N–H and O–H groups in total. The monoisotopic (exact) mass is 1470 g/mol. The zero-order chi connectivity index (χ0) is 77.4. The van der Waals surface area contributed by atoms with Gasteiger partial charge in [-0.05, 0) is 173 Å². The van der Waals surface area contributed by atoms with Gasteiger partial charge in [0, 0.05) is 12.8 Å². The van der Waals surface area contributed by atoms with E-state index in [1.54, 1.807) is 0 Å². The van der Waals surface area contributed by atoms with Crippen molar-refractivity contribution in [3.8, 4) is 0 Å². The number of quaternary nitrogens is 1. The van der Waals surface area contributed by atoms with Gasteiger partial charge in [-0.15, -0.1) is 0 Å². The summed E-state index contributed by atoms with van der Waals surface area (Å²) < 4.78 is 22.8. The highest BCUT2D eigenvalue weighted by Gasteiger charge is 2.22. The van der Waals surface area contributed by atoms with Crippen LogP contribution in [-0.4, -0.2) is 82.3 Å². The van der Waals surface area contributed by atoms with Crippen LogP contribution in [0.1, 0.15) is 284 Å². The summed E-state index contributed by atoms with van der Waals surface area (Å²) in [7, 11) is 5.91. The highest BCUT2D eigenvalue weighted by molar-refractivity contribution is 5.70. The maximum Gasteiger partial charge on any atom is 0.306 e. The van der Waals surface area contributed by atoms with Crippen molar-refractivity contribution in [2.24, 2.45) is 0 Å². The fourth-order valence-electron chi connectivity index (χ4n) is 10.5. The van der Waals surface area contributed by atoms with E-state index >= 15 is 0 Å². The Morgan fingerprint density at radius 3 is 0.748 bits per heavy atom. The highest BCUT2D eigenvalue weighted by atomic mass is 16.7. The first-order valence-electron chi connectivity index (χ1n) is 41.8. The molecule has 0 amide bonds. The van der Waals surface area contributed by atoms with Crippen LogP contribution in [0.2, 0.25) is 0 Å². The molecule has 0 aromatic heterocycles. The number of carbonyl (C=O) groups is 3. The molecule has 0 bridgehead atoms. The lowest BCUT2D eigenvalue weighted by Gasteiger charge is -2.26. The number of hydrogen-bond acceptors (Lipinski definition) is 8. The SMILES string of the molecule is CC/C=C\C/C=C\C/C=C\C/C=C\C/C=C\C/C=C\C/C=C\C/C=C\C/C=C\C/C=C\C/C=C\CCCCCCCCCC(=O)OC(COC(=O)CCCCCCCCCCCC/C=C\C/C=C\C/C=C\C/C=C\C/C=C\C/C=C\C/C=C\C/C=C\C/C=C\C/C=C\CC)COC(OCC[N+](C)(C)C)C(=O)[O-]. The van der Waals surface area contributed by atoms with Crippen LogP contribution in [0.25, 0.3) is 0 Å². The van der Waals surface area contributed by atoms with Gasteiger partial charge in [0.05, 0.1) is 40.3 Å². The second kappa shape index (κ2) is 84.5. The van der Waals surface area contributed by atoms with Gasteiger partial charge in [-0.2, -0.15) is 0 Å². The number of carboxylic acids is 1.